The molecule has 5 nitrogen and oxygen atoms in total. The highest BCUT2D eigenvalue weighted by Gasteiger charge is 2.21. The zero-order valence-corrected chi connectivity index (χ0v) is 12.6. The fourth-order valence-corrected chi connectivity index (χ4v) is 2.57. The second-order valence-electron chi connectivity index (χ2n) is 4.76. The number of amides is 1. The van der Waals surface area contributed by atoms with Gasteiger partial charge < -0.3 is 15.4 Å². The number of nitrogens with one attached hydrogen (secondary N) is 2. The lowest BCUT2D eigenvalue weighted by Gasteiger charge is -2.14. The van der Waals surface area contributed by atoms with Crippen LogP contribution in [0.4, 0.5) is 0 Å². The van der Waals surface area contributed by atoms with Crippen LogP contribution in [-0.2, 0) is 16.0 Å². The van der Waals surface area contributed by atoms with Crippen molar-refractivity contribution in [1.82, 2.24) is 10.3 Å². The minimum absolute atomic E-state index is 0.225. The minimum Gasteiger partial charge on any atom is -0.480 e. The Kier molecular flexibility index (Phi) is 5.27. The molecule has 1 heterocycles. The van der Waals surface area contributed by atoms with Crippen molar-refractivity contribution in [3.05, 3.63) is 36.0 Å². The van der Waals surface area contributed by atoms with Gasteiger partial charge >= 0.3 is 5.97 Å². The number of fused-ring (bicyclic) bond motifs is 1. The third kappa shape index (κ3) is 4.01. The number of benzene rings is 1. The molecular formula is C15H18N2O3S. The predicted octanol–water partition coefficient (Wildman–Crippen LogP) is 2.03. The number of aliphatic carboxylic acids is 1. The van der Waals surface area contributed by atoms with Crippen molar-refractivity contribution >= 4 is 34.5 Å². The van der Waals surface area contributed by atoms with E-state index >= 15 is 0 Å². The Morgan fingerprint density at radius 2 is 2.14 bits per heavy atom. The van der Waals surface area contributed by atoms with Gasteiger partial charge in [-0.3, -0.25) is 4.79 Å². The lowest BCUT2D eigenvalue weighted by molar-refractivity contribution is -0.141. The van der Waals surface area contributed by atoms with E-state index in [0.717, 1.165) is 16.5 Å². The van der Waals surface area contributed by atoms with Gasteiger partial charge in [0.1, 0.15) is 6.04 Å². The average Bonchev–Trinajstić information content (AvgIpc) is 2.87. The quantitative estimate of drug-likeness (QED) is 0.731. The predicted molar refractivity (Wildman–Crippen MR) is 84.6 cm³/mol. The standard InChI is InChI=1S/C15H18N2O3S/c1-21-7-6-14(18)17-13(15(19)20)8-10-9-16-12-5-3-2-4-11(10)12/h2-5,9,13,16H,6-8H2,1H3,(H,17,18)(H,19,20)/t13-/m0/s1. The van der Waals surface area contributed by atoms with Gasteiger partial charge in [0.2, 0.25) is 5.91 Å². The van der Waals surface area contributed by atoms with Crippen LogP contribution in [0.2, 0.25) is 0 Å². The van der Waals surface area contributed by atoms with E-state index in [2.05, 4.69) is 10.3 Å². The first-order valence-electron chi connectivity index (χ1n) is 6.68. The number of hydrogen-bond acceptors (Lipinski definition) is 3. The minimum atomic E-state index is -1.02. The molecule has 1 aromatic carbocycles. The van der Waals surface area contributed by atoms with Crippen LogP contribution in [0.15, 0.2) is 30.5 Å². The number of rotatable bonds is 7. The summed E-state index contributed by atoms with van der Waals surface area (Å²) in [7, 11) is 0. The fraction of sp³-hybridized carbons (Fsp3) is 0.333. The molecule has 1 aromatic heterocycles. The van der Waals surface area contributed by atoms with Crippen LogP contribution in [0.1, 0.15) is 12.0 Å². The molecule has 3 N–H and O–H groups in total. The van der Waals surface area contributed by atoms with Crippen molar-refractivity contribution in [3.63, 3.8) is 0 Å². The van der Waals surface area contributed by atoms with Crippen molar-refractivity contribution in [2.24, 2.45) is 0 Å². The Balaban J connectivity index is 2.09. The molecule has 1 atom stereocenters. The van der Waals surface area contributed by atoms with Crippen molar-refractivity contribution in [1.29, 1.82) is 0 Å². The van der Waals surface area contributed by atoms with Gasteiger partial charge in [0.15, 0.2) is 0 Å². The second kappa shape index (κ2) is 7.17. The summed E-state index contributed by atoms with van der Waals surface area (Å²) in [5.74, 6) is -0.556. The number of carboxylic acid groups (broad SMARTS) is 1. The van der Waals surface area contributed by atoms with Crippen LogP contribution in [0, 0.1) is 0 Å². The van der Waals surface area contributed by atoms with E-state index < -0.39 is 12.0 Å². The maximum absolute atomic E-state index is 11.7. The molecule has 0 radical (unpaired) electrons. The van der Waals surface area contributed by atoms with E-state index in [1.807, 2.05) is 30.5 Å². The molecule has 0 spiro atoms. The molecule has 0 saturated carbocycles. The normalized spacial score (nSPS) is 12.2. The van der Waals surface area contributed by atoms with Crippen LogP contribution in [-0.4, -0.2) is 40.0 Å². The SMILES string of the molecule is CSCCC(=O)N[C@@H](Cc1c[nH]c2ccccc12)C(=O)O. The summed E-state index contributed by atoms with van der Waals surface area (Å²) in [6, 6.07) is 6.80. The van der Waals surface area contributed by atoms with Gasteiger partial charge in [-0.1, -0.05) is 18.2 Å². The molecule has 2 rings (SSSR count). The van der Waals surface area contributed by atoms with Gasteiger partial charge in [-0.05, 0) is 17.9 Å². The lowest BCUT2D eigenvalue weighted by atomic mass is 10.0. The van der Waals surface area contributed by atoms with E-state index in [-0.39, 0.29) is 12.3 Å². The number of carbonyl (C=O) groups is 2. The second-order valence-corrected chi connectivity index (χ2v) is 5.75. The molecule has 0 fully saturated rings. The molecule has 21 heavy (non-hydrogen) atoms. The third-order valence-electron chi connectivity index (χ3n) is 3.27. The average molecular weight is 306 g/mol. The summed E-state index contributed by atoms with van der Waals surface area (Å²) in [4.78, 5) is 26.2. The molecule has 2 aromatic rings. The summed E-state index contributed by atoms with van der Waals surface area (Å²) >= 11 is 1.56. The highest BCUT2D eigenvalue weighted by molar-refractivity contribution is 7.98. The van der Waals surface area contributed by atoms with Crippen molar-refractivity contribution in [2.75, 3.05) is 12.0 Å². The topological polar surface area (TPSA) is 82.2 Å². The van der Waals surface area contributed by atoms with Gasteiger partial charge in [0.05, 0.1) is 0 Å². The molecule has 6 heteroatoms. The molecule has 1 amide bonds. The van der Waals surface area contributed by atoms with Crippen molar-refractivity contribution in [3.8, 4) is 0 Å². The van der Waals surface area contributed by atoms with Gasteiger partial charge in [0.25, 0.3) is 0 Å². The molecule has 0 saturated heterocycles. The van der Waals surface area contributed by atoms with E-state index in [9.17, 15) is 14.7 Å². The summed E-state index contributed by atoms with van der Waals surface area (Å²) in [5.41, 5.74) is 1.86. The van der Waals surface area contributed by atoms with Gasteiger partial charge in [0, 0.05) is 35.7 Å². The number of H-pyrrole nitrogens is 1. The van der Waals surface area contributed by atoms with Crippen LogP contribution in [0.25, 0.3) is 10.9 Å². The number of carbonyl (C=O) groups excluding carboxylic acids is 1. The Morgan fingerprint density at radius 3 is 2.86 bits per heavy atom. The summed E-state index contributed by atoms with van der Waals surface area (Å²) in [5, 5.41) is 12.9. The van der Waals surface area contributed by atoms with Crippen molar-refractivity contribution in [2.45, 2.75) is 18.9 Å². The number of para-hydroxylation sites is 1. The number of aromatic amines is 1. The Hall–Kier alpha value is -1.95. The molecule has 0 aliphatic rings. The molecule has 0 aliphatic heterocycles. The number of carboxylic acids is 1. The van der Waals surface area contributed by atoms with Crippen LogP contribution in [0.3, 0.4) is 0 Å². The third-order valence-corrected chi connectivity index (χ3v) is 3.88. The molecule has 0 unspecified atom stereocenters. The van der Waals surface area contributed by atoms with Crippen molar-refractivity contribution < 1.29 is 14.7 Å². The molecule has 112 valence electrons. The van der Waals surface area contributed by atoms with E-state index in [4.69, 9.17) is 0 Å². The Labute approximate surface area is 127 Å². The molecule has 0 aliphatic carbocycles. The van der Waals surface area contributed by atoms with Gasteiger partial charge in [-0.25, -0.2) is 4.79 Å². The monoisotopic (exact) mass is 306 g/mol. The van der Waals surface area contributed by atoms with Crippen LogP contribution >= 0.6 is 11.8 Å². The summed E-state index contributed by atoms with van der Waals surface area (Å²) in [6.45, 7) is 0. The lowest BCUT2D eigenvalue weighted by Crippen LogP contribution is -2.42. The fourth-order valence-electron chi connectivity index (χ4n) is 2.18. The van der Waals surface area contributed by atoms with Crippen LogP contribution in [0.5, 0.6) is 0 Å². The first-order valence-corrected chi connectivity index (χ1v) is 8.07. The smallest absolute Gasteiger partial charge is 0.326 e. The number of aromatic nitrogens is 1. The highest BCUT2D eigenvalue weighted by Crippen LogP contribution is 2.19. The largest absolute Gasteiger partial charge is 0.480 e. The first kappa shape index (κ1) is 15.4. The Morgan fingerprint density at radius 1 is 1.38 bits per heavy atom. The maximum Gasteiger partial charge on any atom is 0.326 e. The number of thioether (sulfide) groups is 1. The van der Waals surface area contributed by atoms with E-state index in [1.54, 1.807) is 18.0 Å². The Bertz CT molecular complexity index is 639. The van der Waals surface area contributed by atoms with E-state index in [1.165, 1.54) is 0 Å². The summed E-state index contributed by atoms with van der Waals surface area (Å²) in [6.07, 6.45) is 4.31. The van der Waals surface area contributed by atoms with Gasteiger partial charge in [-0.2, -0.15) is 11.8 Å². The maximum atomic E-state index is 11.7. The zero-order valence-electron chi connectivity index (χ0n) is 11.8. The molecule has 0 bridgehead atoms. The first-order chi connectivity index (χ1) is 10.1. The summed E-state index contributed by atoms with van der Waals surface area (Å²) < 4.78 is 0. The molecular weight excluding hydrogens is 288 g/mol. The van der Waals surface area contributed by atoms with E-state index in [0.29, 0.717) is 12.2 Å². The number of hydrogen-bond donors (Lipinski definition) is 3. The van der Waals surface area contributed by atoms with Gasteiger partial charge in [-0.15, -0.1) is 0 Å². The zero-order chi connectivity index (χ0) is 15.2. The highest BCUT2D eigenvalue weighted by atomic mass is 32.2. The van der Waals surface area contributed by atoms with Crippen LogP contribution < -0.4 is 5.32 Å².